The number of carbonyl (C=O) groups is 1. The van der Waals surface area contributed by atoms with E-state index in [9.17, 15) is 13.6 Å². The van der Waals surface area contributed by atoms with Gasteiger partial charge in [0.15, 0.2) is 0 Å². The number of amides is 1. The number of hydrogen-bond donors (Lipinski definition) is 1. The van der Waals surface area contributed by atoms with Crippen molar-refractivity contribution >= 4 is 11.6 Å². The zero-order valence-electron chi connectivity index (χ0n) is 13.2. The number of nitrogens with zero attached hydrogens (tertiary/aromatic N) is 2. The lowest BCUT2D eigenvalue weighted by atomic mass is 10.2. The molecule has 1 heterocycles. The molecule has 0 bridgehead atoms. The first kappa shape index (κ1) is 16.2. The molecule has 1 saturated carbocycles. The third kappa shape index (κ3) is 4.41. The number of halogens is 2. The van der Waals surface area contributed by atoms with Crippen molar-refractivity contribution in [1.29, 1.82) is 0 Å². The van der Waals surface area contributed by atoms with Crippen LogP contribution in [0.4, 0.5) is 14.5 Å². The minimum absolute atomic E-state index is 0.0853. The van der Waals surface area contributed by atoms with Crippen molar-refractivity contribution in [2.75, 3.05) is 37.6 Å². The summed E-state index contributed by atoms with van der Waals surface area (Å²) in [5, 5.41) is 3.09. The Kier molecular flexibility index (Phi) is 5.10. The van der Waals surface area contributed by atoms with Gasteiger partial charge in [-0.05, 0) is 25.0 Å². The van der Waals surface area contributed by atoms with E-state index >= 15 is 0 Å². The van der Waals surface area contributed by atoms with Gasteiger partial charge in [0.25, 0.3) is 0 Å². The monoisotopic (exact) mass is 323 g/mol. The molecule has 1 N–H and O–H groups in total. The average molecular weight is 323 g/mol. The molecule has 126 valence electrons. The Balaban J connectivity index is 1.47. The number of rotatable bonds is 4. The van der Waals surface area contributed by atoms with E-state index in [-0.39, 0.29) is 5.91 Å². The van der Waals surface area contributed by atoms with Crippen LogP contribution in [0.1, 0.15) is 25.7 Å². The van der Waals surface area contributed by atoms with E-state index in [1.165, 1.54) is 25.0 Å². The summed E-state index contributed by atoms with van der Waals surface area (Å²) in [5.41, 5.74) is 0.567. The van der Waals surface area contributed by atoms with Gasteiger partial charge in [-0.25, -0.2) is 8.78 Å². The molecule has 0 spiro atoms. The van der Waals surface area contributed by atoms with E-state index in [0.717, 1.165) is 32.0 Å². The number of piperazine rings is 1. The van der Waals surface area contributed by atoms with Crippen LogP contribution in [0.5, 0.6) is 0 Å². The van der Waals surface area contributed by atoms with Gasteiger partial charge < -0.3 is 10.2 Å². The van der Waals surface area contributed by atoms with Crippen LogP contribution in [0, 0.1) is 11.6 Å². The molecule has 1 aliphatic carbocycles. The van der Waals surface area contributed by atoms with Gasteiger partial charge in [0.2, 0.25) is 5.91 Å². The van der Waals surface area contributed by atoms with E-state index < -0.39 is 11.6 Å². The highest BCUT2D eigenvalue weighted by Crippen LogP contribution is 2.20. The number of anilines is 1. The molecule has 1 aromatic carbocycles. The minimum Gasteiger partial charge on any atom is -0.369 e. The zero-order chi connectivity index (χ0) is 16.2. The summed E-state index contributed by atoms with van der Waals surface area (Å²) >= 11 is 0. The fourth-order valence-corrected chi connectivity index (χ4v) is 3.43. The molecule has 0 aromatic heterocycles. The van der Waals surface area contributed by atoms with Crippen LogP contribution in [0.3, 0.4) is 0 Å². The van der Waals surface area contributed by atoms with Gasteiger partial charge in [0, 0.05) is 44.0 Å². The Bertz CT molecular complexity index is 533. The lowest BCUT2D eigenvalue weighted by molar-refractivity contribution is -0.123. The highest BCUT2D eigenvalue weighted by atomic mass is 19.1. The summed E-state index contributed by atoms with van der Waals surface area (Å²) in [7, 11) is 0. The Morgan fingerprint density at radius 3 is 2.26 bits per heavy atom. The maximum atomic E-state index is 13.3. The summed E-state index contributed by atoms with van der Waals surface area (Å²) in [4.78, 5) is 16.1. The van der Waals surface area contributed by atoms with Crippen molar-refractivity contribution < 1.29 is 13.6 Å². The highest BCUT2D eigenvalue weighted by molar-refractivity contribution is 5.78. The highest BCUT2D eigenvalue weighted by Gasteiger charge is 2.22. The van der Waals surface area contributed by atoms with E-state index in [2.05, 4.69) is 10.2 Å². The van der Waals surface area contributed by atoms with E-state index in [1.807, 2.05) is 4.90 Å². The summed E-state index contributed by atoms with van der Waals surface area (Å²) in [6, 6.07) is 3.93. The molecule has 0 radical (unpaired) electrons. The predicted molar refractivity (Wildman–Crippen MR) is 85.4 cm³/mol. The predicted octanol–water partition coefficient (Wildman–Crippen LogP) is 2.15. The van der Waals surface area contributed by atoms with Gasteiger partial charge in [-0.2, -0.15) is 0 Å². The number of nitrogens with one attached hydrogen (secondary N) is 1. The van der Waals surface area contributed by atoms with Crippen molar-refractivity contribution in [2.24, 2.45) is 0 Å². The smallest absolute Gasteiger partial charge is 0.234 e. The Morgan fingerprint density at radius 2 is 1.65 bits per heavy atom. The normalized spacial score (nSPS) is 20.0. The van der Waals surface area contributed by atoms with Crippen LogP contribution in [0.2, 0.25) is 0 Å². The van der Waals surface area contributed by atoms with Crippen molar-refractivity contribution in [3.63, 3.8) is 0 Å². The number of benzene rings is 1. The van der Waals surface area contributed by atoms with Gasteiger partial charge in [-0.3, -0.25) is 9.69 Å². The second-order valence-electron chi connectivity index (χ2n) is 6.44. The SMILES string of the molecule is O=C(CN1CCN(c2cc(F)cc(F)c2)CC1)NC1CCCC1. The van der Waals surface area contributed by atoms with E-state index in [1.54, 1.807) is 0 Å². The second kappa shape index (κ2) is 7.25. The summed E-state index contributed by atoms with van der Waals surface area (Å²) in [6.45, 7) is 3.17. The minimum atomic E-state index is -0.557. The number of hydrogen-bond acceptors (Lipinski definition) is 3. The molecule has 1 aliphatic heterocycles. The van der Waals surface area contributed by atoms with Crippen LogP contribution in [0.15, 0.2) is 18.2 Å². The van der Waals surface area contributed by atoms with Gasteiger partial charge in [0.05, 0.1) is 6.54 Å². The molecule has 6 heteroatoms. The molecule has 3 rings (SSSR count). The molecule has 1 amide bonds. The summed E-state index contributed by atoms with van der Waals surface area (Å²) in [5.74, 6) is -1.03. The average Bonchev–Trinajstić information content (AvgIpc) is 2.99. The topological polar surface area (TPSA) is 35.6 Å². The van der Waals surface area contributed by atoms with E-state index in [0.29, 0.717) is 31.4 Å². The van der Waals surface area contributed by atoms with Crippen LogP contribution >= 0.6 is 0 Å². The van der Waals surface area contributed by atoms with Crippen LogP contribution in [-0.2, 0) is 4.79 Å². The molecule has 2 aliphatic rings. The Morgan fingerprint density at radius 1 is 1.04 bits per heavy atom. The molecule has 0 atom stereocenters. The largest absolute Gasteiger partial charge is 0.369 e. The van der Waals surface area contributed by atoms with Gasteiger partial charge in [-0.1, -0.05) is 12.8 Å². The van der Waals surface area contributed by atoms with Crippen molar-refractivity contribution in [2.45, 2.75) is 31.7 Å². The Labute approximate surface area is 135 Å². The van der Waals surface area contributed by atoms with Gasteiger partial charge in [-0.15, -0.1) is 0 Å². The summed E-state index contributed by atoms with van der Waals surface area (Å²) in [6.07, 6.45) is 4.58. The van der Waals surface area contributed by atoms with Crippen LogP contribution < -0.4 is 10.2 Å². The molecule has 1 aromatic rings. The molecule has 2 fully saturated rings. The summed E-state index contributed by atoms with van der Waals surface area (Å²) < 4.78 is 26.6. The fraction of sp³-hybridized carbons (Fsp3) is 0.588. The van der Waals surface area contributed by atoms with Crippen molar-refractivity contribution in [3.8, 4) is 0 Å². The third-order valence-electron chi connectivity index (χ3n) is 4.67. The fourth-order valence-electron chi connectivity index (χ4n) is 3.43. The Hall–Kier alpha value is -1.69. The molecular formula is C17H23F2N3O. The molecule has 1 saturated heterocycles. The first-order valence-corrected chi connectivity index (χ1v) is 8.33. The molecular weight excluding hydrogens is 300 g/mol. The quantitative estimate of drug-likeness (QED) is 0.922. The lowest BCUT2D eigenvalue weighted by Gasteiger charge is -2.35. The van der Waals surface area contributed by atoms with Gasteiger partial charge >= 0.3 is 0 Å². The number of carbonyl (C=O) groups excluding carboxylic acids is 1. The molecule has 23 heavy (non-hydrogen) atoms. The van der Waals surface area contributed by atoms with Gasteiger partial charge in [0.1, 0.15) is 11.6 Å². The van der Waals surface area contributed by atoms with Crippen molar-refractivity contribution in [3.05, 3.63) is 29.8 Å². The first-order chi connectivity index (χ1) is 11.1. The third-order valence-corrected chi connectivity index (χ3v) is 4.67. The molecule has 0 unspecified atom stereocenters. The van der Waals surface area contributed by atoms with Crippen LogP contribution in [0.25, 0.3) is 0 Å². The van der Waals surface area contributed by atoms with Crippen LogP contribution in [-0.4, -0.2) is 49.6 Å². The standard InChI is InChI=1S/C17H23F2N3O/c18-13-9-14(19)11-16(10-13)22-7-5-21(6-8-22)12-17(23)20-15-3-1-2-4-15/h9-11,15H,1-8,12H2,(H,20,23). The maximum Gasteiger partial charge on any atom is 0.234 e. The van der Waals surface area contributed by atoms with Crippen molar-refractivity contribution in [1.82, 2.24) is 10.2 Å². The van der Waals surface area contributed by atoms with E-state index in [4.69, 9.17) is 0 Å². The second-order valence-corrected chi connectivity index (χ2v) is 6.44. The maximum absolute atomic E-state index is 13.3. The lowest BCUT2D eigenvalue weighted by Crippen LogP contribution is -2.50. The first-order valence-electron chi connectivity index (χ1n) is 8.33. The molecule has 4 nitrogen and oxygen atoms in total. The zero-order valence-corrected chi connectivity index (χ0v) is 13.2.